The van der Waals surface area contributed by atoms with Gasteiger partial charge in [-0.2, -0.15) is 5.10 Å². The van der Waals surface area contributed by atoms with E-state index in [9.17, 15) is 13.6 Å². The van der Waals surface area contributed by atoms with E-state index in [1.807, 2.05) is 0 Å². The van der Waals surface area contributed by atoms with E-state index in [0.29, 0.717) is 32.5 Å². The first-order chi connectivity index (χ1) is 12.9. The van der Waals surface area contributed by atoms with Crippen LogP contribution in [0.25, 0.3) is 0 Å². The molecule has 3 heterocycles. The van der Waals surface area contributed by atoms with Crippen LogP contribution in [0, 0.1) is 11.6 Å². The number of aromatic carboxylic acids is 1. The number of carboxylic acids is 1. The molecule has 0 amide bonds. The molecule has 4 N–H and O–H groups in total. The number of ether oxygens (including phenoxy) is 1. The normalized spacial score (nSPS) is 26.0. The third-order valence-electron chi connectivity index (χ3n) is 5.35. The van der Waals surface area contributed by atoms with Crippen LogP contribution in [0.2, 0.25) is 0 Å². The lowest BCUT2D eigenvalue weighted by Crippen LogP contribution is -2.50. The van der Waals surface area contributed by atoms with Crippen molar-refractivity contribution < 1.29 is 23.4 Å². The quantitative estimate of drug-likeness (QED) is 0.750. The summed E-state index contributed by atoms with van der Waals surface area (Å²) in [4.78, 5) is 13.3. The Bertz CT molecular complexity index is 872. The summed E-state index contributed by atoms with van der Waals surface area (Å²) in [6.45, 7) is 1.52. The third-order valence-corrected chi connectivity index (χ3v) is 5.35. The van der Waals surface area contributed by atoms with Crippen molar-refractivity contribution >= 4 is 5.97 Å². The number of aromatic amines is 1. The Morgan fingerprint density at radius 3 is 2.96 bits per heavy atom. The van der Waals surface area contributed by atoms with Crippen LogP contribution in [0.5, 0.6) is 0 Å². The van der Waals surface area contributed by atoms with Gasteiger partial charge in [-0.15, -0.1) is 0 Å². The molecule has 2 aliphatic heterocycles. The molecule has 7 nitrogen and oxygen atoms in total. The van der Waals surface area contributed by atoms with E-state index in [0.717, 1.165) is 29.5 Å². The highest BCUT2D eigenvalue weighted by Gasteiger charge is 2.36. The molecule has 144 valence electrons. The molecule has 0 spiro atoms. The van der Waals surface area contributed by atoms with Crippen LogP contribution in [-0.4, -0.2) is 51.4 Å². The molecule has 1 aromatic heterocycles. The zero-order chi connectivity index (χ0) is 19.1. The molecular formula is C18H20F2N4O3. The van der Waals surface area contributed by atoms with Gasteiger partial charge in [-0.25, -0.2) is 13.6 Å². The molecule has 1 saturated heterocycles. The van der Waals surface area contributed by atoms with Crippen LogP contribution in [0.3, 0.4) is 0 Å². The minimum atomic E-state index is -1.04. The Balaban J connectivity index is 1.45. The van der Waals surface area contributed by atoms with Gasteiger partial charge in [0.2, 0.25) is 0 Å². The minimum absolute atomic E-state index is 0.0117. The number of hydrogen-bond acceptors (Lipinski definition) is 5. The smallest absolute Gasteiger partial charge is 0.356 e. The highest BCUT2D eigenvalue weighted by atomic mass is 19.1. The highest BCUT2D eigenvalue weighted by molar-refractivity contribution is 5.87. The van der Waals surface area contributed by atoms with Crippen molar-refractivity contribution in [1.82, 2.24) is 15.1 Å². The number of rotatable bonds is 3. The lowest BCUT2D eigenvalue weighted by atomic mass is 9.92. The standard InChI is InChI=1S/C18H20F2N4O3/c19-9-1-2-13(20)12(5-9)17-14(21)6-10(8-27-17)24-4-3-11-15(7-24)22-23-16(11)18(25)26/h1-2,5,10,14,17H,3-4,6-8,21H2,(H,22,23)(H,25,26)/t10-,14+,17-/m1/s1. The summed E-state index contributed by atoms with van der Waals surface area (Å²) >= 11 is 0. The van der Waals surface area contributed by atoms with Crippen LogP contribution in [0.4, 0.5) is 8.78 Å². The maximum absolute atomic E-state index is 14.0. The van der Waals surface area contributed by atoms with Gasteiger partial charge in [0.25, 0.3) is 0 Å². The first kappa shape index (κ1) is 18.0. The maximum atomic E-state index is 14.0. The summed E-state index contributed by atoms with van der Waals surface area (Å²) in [5.41, 5.74) is 7.96. The van der Waals surface area contributed by atoms with Gasteiger partial charge in [0, 0.05) is 36.3 Å². The average molecular weight is 378 g/mol. The Hall–Kier alpha value is -2.36. The van der Waals surface area contributed by atoms with Crippen molar-refractivity contribution in [3.63, 3.8) is 0 Å². The van der Waals surface area contributed by atoms with Crippen molar-refractivity contribution in [2.45, 2.75) is 37.6 Å². The summed E-state index contributed by atoms with van der Waals surface area (Å²) in [5.74, 6) is -2.10. The molecule has 1 fully saturated rings. The summed E-state index contributed by atoms with van der Waals surface area (Å²) in [7, 11) is 0. The van der Waals surface area contributed by atoms with Crippen molar-refractivity contribution in [1.29, 1.82) is 0 Å². The Morgan fingerprint density at radius 2 is 2.22 bits per heavy atom. The van der Waals surface area contributed by atoms with E-state index in [1.165, 1.54) is 0 Å². The second-order valence-electron chi connectivity index (χ2n) is 7.03. The molecule has 3 atom stereocenters. The molecule has 9 heteroatoms. The Labute approximate surface area is 154 Å². The van der Waals surface area contributed by atoms with Crippen LogP contribution in [0.1, 0.15) is 39.8 Å². The van der Waals surface area contributed by atoms with E-state index < -0.39 is 29.7 Å². The van der Waals surface area contributed by atoms with Gasteiger partial charge in [-0.05, 0) is 31.0 Å². The van der Waals surface area contributed by atoms with Gasteiger partial charge in [0.15, 0.2) is 5.69 Å². The van der Waals surface area contributed by atoms with E-state index >= 15 is 0 Å². The summed E-state index contributed by atoms with van der Waals surface area (Å²) in [5, 5.41) is 15.8. The molecule has 0 unspecified atom stereocenters. The van der Waals surface area contributed by atoms with E-state index in [2.05, 4.69) is 15.1 Å². The van der Waals surface area contributed by atoms with Crippen molar-refractivity contribution in [2.24, 2.45) is 5.73 Å². The predicted octanol–water partition coefficient (Wildman–Crippen LogP) is 1.60. The van der Waals surface area contributed by atoms with E-state index in [4.69, 9.17) is 15.6 Å². The fourth-order valence-electron chi connectivity index (χ4n) is 3.98. The van der Waals surface area contributed by atoms with Crippen LogP contribution in [0.15, 0.2) is 18.2 Å². The number of halogens is 2. The predicted molar refractivity (Wildman–Crippen MR) is 91.1 cm³/mol. The van der Waals surface area contributed by atoms with Gasteiger partial charge in [-0.3, -0.25) is 10.00 Å². The van der Waals surface area contributed by atoms with Crippen molar-refractivity contribution in [2.75, 3.05) is 13.2 Å². The largest absolute Gasteiger partial charge is 0.476 e. The minimum Gasteiger partial charge on any atom is -0.476 e. The SMILES string of the molecule is N[C@H]1C[C@@H](N2CCc3c(C(=O)O)n[nH]c3C2)CO[C@@H]1c1cc(F)ccc1F. The molecule has 4 rings (SSSR count). The molecule has 0 aliphatic carbocycles. The first-order valence-electron chi connectivity index (χ1n) is 8.79. The zero-order valence-electron chi connectivity index (χ0n) is 14.5. The molecule has 2 aromatic rings. The van der Waals surface area contributed by atoms with Gasteiger partial charge in [0.1, 0.15) is 17.7 Å². The second-order valence-corrected chi connectivity index (χ2v) is 7.03. The molecule has 0 bridgehead atoms. The molecule has 1 aromatic carbocycles. The summed E-state index contributed by atoms with van der Waals surface area (Å²) in [6, 6.07) is 2.81. The molecule has 27 heavy (non-hydrogen) atoms. The van der Waals surface area contributed by atoms with Gasteiger partial charge < -0.3 is 15.6 Å². The van der Waals surface area contributed by atoms with Gasteiger partial charge in [-0.1, -0.05) is 0 Å². The number of benzene rings is 1. The molecular weight excluding hydrogens is 358 g/mol. The fourth-order valence-corrected chi connectivity index (χ4v) is 3.98. The number of nitrogens with two attached hydrogens (primary N) is 1. The number of carbonyl (C=O) groups is 1. The number of nitrogens with one attached hydrogen (secondary N) is 1. The number of aromatic nitrogens is 2. The van der Waals surface area contributed by atoms with Gasteiger partial charge in [0.05, 0.1) is 12.3 Å². The van der Waals surface area contributed by atoms with Crippen LogP contribution >= 0.6 is 0 Å². The lowest BCUT2D eigenvalue weighted by molar-refractivity contribution is -0.0550. The van der Waals surface area contributed by atoms with E-state index in [1.54, 1.807) is 0 Å². The molecule has 0 radical (unpaired) electrons. The van der Waals surface area contributed by atoms with Crippen molar-refractivity contribution in [3.05, 3.63) is 52.3 Å². The summed E-state index contributed by atoms with van der Waals surface area (Å²) in [6.07, 6.45) is 0.444. The molecule has 2 aliphatic rings. The number of nitrogens with zero attached hydrogens (tertiary/aromatic N) is 2. The lowest BCUT2D eigenvalue weighted by Gasteiger charge is -2.41. The number of carboxylic acid groups (broad SMARTS) is 1. The summed E-state index contributed by atoms with van der Waals surface area (Å²) < 4.78 is 33.3. The monoisotopic (exact) mass is 378 g/mol. The van der Waals surface area contributed by atoms with E-state index in [-0.39, 0.29) is 17.3 Å². The topological polar surface area (TPSA) is 104 Å². The maximum Gasteiger partial charge on any atom is 0.356 e. The molecule has 0 saturated carbocycles. The highest BCUT2D eigenvalue weighted by Crippen LogP contribution is 2.33. The Kier molecular flexibility index (Phi) is 4.67. The Morgan fingerprint density at radius 1 is 1.41 bits per heavy atom. The first-order valence-corrected chi connectivity index (χ1v) is 8.79. The van der Waals surface area contributed by atoms with Crippen LogP contribution < -0.4 is 5.73 Å². The fraction of sp³-hybridized carbons (Fsp3) is 0.444. The number of hydrogen-bond donors (Lipinski definition) is 3. The zero-order valence-corrected chi connectivity index (χ0v) is 14.5. The number of fused-ring (bicyclic) bond motifs is 1. The number of H-pyrrole nitrogens is 1. The van der Waals surface area contributed by atoms with Crippen molar-refractivity contribution in [3.8, 4) is 0 Å². The average Bonchev–Trinajstić information content (AvgIpc) is 3.07. The van der Waals surface area contributed by atoms with Crippen LogP contribution in [-0.2, 0) is 17.7 Å². The van der Waals surface area contributed by atoms with Gasteiger partial charge >= 0.3 is 5.97 Å². The second kappa shape index (κ2) is 6.99. The third kappa shape index (κ3) is 3.33.